The maximum Gasteiger partial charge on any atom is 0.326 e. The van der Waals surface area contributed by atoms with Crippen molar-refractivity contribution in [2.75, 3.05) is 6.54 Å². The molecule has 1 aromatic heterocycles. The van der Waals surface area contributed by atoms with Gasteiger partial charge in [0.05, 0.1) is 6.04 Å². The van der Waals surface area contributed by atoms with Crippen LogP contribution in [0.4, 0.5) is 0 Å². The van der Waals surface area contributed by atoms with Gasteiger partial charge in [-0.15, -0.1) is 0 Å². The van der Waals surface area contributed by atoms with Crippen LogP contribution in [-0.2, 0) is 36.8 Å². The second-order valence-electron chi connectivity index (χ2n) is 11.0. The van der Waals surface area contributed by atoms with Crippen molar-refractivity contribution in [2.45, 2.75) is 62.7 Å². The number of H-pyrrole nitrogens is 1. The summed E-state index contributed by atoms with van der Waals surface area (Å²) in [5.41, 5.74) is 24.3. The third kappa shape index (κ3) is 11.3. The maximum absolute atomic E-state index is 13.6. The van der Waals surface area contributed by atoms with Crippen molar-refractivity contribution < 1.29 is 34.2 Å². The molecule has 0 saturated carbocycles. The van der Waals surface area contributed by atoms with E-state index < -0.39 is 53.8 Å². The highest BCUT2D eigenvalue weighted by Gasteiger charge is 2.31. The highest BCUT2D eigenvalue weighted by atomic mass is 16.4. The lowest BCUT2D eigenvalue weighted by molar-refractivity contribution is -0.142. The Morgan fingerprint density at radius 1 is 0.809 bits per heavy atom. The molecule has 3 aromatic rings. The van der Waals surface area contributed by atoms with Gasteiger partial charge in [0.15, 0.2) is 5.96 Å². The van der Waals surface area contributed by atoms with E-state index in [9.17, 15) is 34.2 Å². The van der Waals surface area contributed by atoms with Crippen LogP contribution in [0.2, 0.25) is 0 Å². The number of carboxylic acids is 1. The number of benzene rings is 2. The molecule has 47 heavy (non-hydrogen) atoms. The molecular weight excluding hydrogens is 610 g/mol. The molecular formula is C31H41N9O7. The van der Waals surface area contributed by atoms with Gasteiger partial charge < -0.3 is 54.1 Å². The molecule has 0 radical (unpaired) electrons. The second kappa shape index (κ2) is 17.2. The molecule has 14 N–H and O–H groups in total. The third-order valence-electron chi connectivity index (χ3n) is 7.33. The lowest BCUT2D eigenvalue weighted by Crippen LogP contribution is -2.57. The number of nitrogens with zero attached hydrogens (tertiary/aromatic N) is 1. The zero-order valence-electron chi connectivity index (χ0n) is 25.6. The average Bonchev–Trinajstić information content (AvgIpc) is 3.43. The van der Waals surface area contributed by atoms with E-state index in [1.165, 1.54) is 24.3 Å². The molecule has 0 aliphatic rings. The lowest BCUT2D eigenvalue weighted by Gasteiger charge is -2.25. The Hall–Kier alpha value is -5.64. The number of aliphatic imine (C=N–C) groups is 1. The van der Waals surface area contributed by atoms with Gasteiger partial charge in [-0.05, 0) is 55.0 Å². The number of aromatic hydroxyl groups is 1. The Kier molecular flexibility index (Phi) is 13.1. The van der Waals surface area contributed by atoms with Gasteiger partial charge in [0.2, 0.25) is 23.6 Å². The van der Waals surface area contributed by atoms with E-state index in [0.717, 1.165) is 16.5 Å². The highest BCUT2D eigenvalue weighted by Crippen LogP contribution is 2.19. The Balaban J connectivity index is 1.77. The van der Waals surface area contributed by atoms with E-state index in [2.05, 4.69) is 25.9 Å². The number of hydrogen-bond donors (Lipinski definition) is 10. The number of carboxylic acid groups (broad SMARTS) is 1. The minimum absolute atomic E-state index is 0.0106. The number of aromatic amines is 1. The fourth-order valence-corrected chi connectivity index (χ4v) is 4.85. The molecule has 16 heteroatoms. The summed E-state index contributed by atoms with van der Waals surface area (Å²) in [6.07, 6.45) is 1.56. The van der Waals surface area contributed by atoms with Crippen molar-refractivity contribution in [3.05, 3.63) is 65.9 Å². The van der Waals surface area contributed by atoms with Gasteiger partial charge in [0.1, 0.15) is 23.9 Å². The van der Waals surface area contributed by atoms with Crippen molar-refractivity contribution in [1.29, 1.82) is 0 Å². The van der Waals surface area contributed by atoms with Gasteiger partial charge in [0, 0.05) is 36.5 Å². The van der Waals surface area contributed by atoms with Gasteiger partial charge in [0.25, 0.3) is 0 Å². The van der Waals surface area contributed by atoms with Crippen molar-refractivity contribution in [3.63, 3.8) is 0 Å². The summed E-state index contributed by atoms with van der Waals surface area (Å²) in [4.78, 5) is 70.6. The fourth-order valence-electron chi connectivity index (χ4n) is 4.85. The maximum atomic E-state index is 13.6. The topological polar surface area (TPSA) is 294 Å². The molecule has 4 amide bonds. The van der Waals surface area contributed by atoms with Gasteiger partial charge in [-0.1, -0.05) is 30.3 Å². The normalized spacial score (nSPS) is 13.5. The van der Waals surface area contributed by atoms with Crippen molar-refractivity contribution >= 4 is 46.5 Å². The van der Waals surface area contributed by atoms with Crippen LogP contribution in [0.5, 0.6) is 5.75 Å². The van der Waals surface area contributed by atoms with Crippen LogP contribution < -0.4 is 38.9 Å². The van der Waals surface area contributed by atoms with Crippen LogP contribution in [-0.4, -0.2) is 81.5 Å². The number of fused-ring (bicyclic) bond motifs is 1. The van der Waals surface area contributed by atoms with Crippen LogP contribution in [0.3, 0.4) is 0 Å². The number of rotatable bonds is 18. The van der Waals surface area contributed by atoms with E-state index in [-0.39, 0.29) is 56.8 Å². The number of phenolic OH excluding ortho intramolecular Hbond substituents is 1. The standard InChI is InChI=1S/C31H41N9O7/c32-21(15-18-16-37-22-5-2-1-4-20(18)22)27(43)38-23(11-12-26(33)42)28(44)40-25(14-17-7-9-19(41)10-8-17)29(45)39-24(30(46)47)6-3-13-36-31(34)35/h1-2,4-5,7-10,16,21,23-25,37,41H,3,6,11-15,32H2,(H2,33,42)(H,38,43)(H,39,45)(H,40,44)(H,46,47)(H4,34,35,36). The van der Waals surface area contributed by atoms with Crippen molar-refractivity contribution in [3.8, 4) is 5.75 Å². The minimum Gasteiger partial charge on any atom is -0.508 e. The summed E-state index contributed by atoms with van der Waals surface area (Å²) in [6.45, 7) is 0.138. The number of hydrogen-bond acceptors (Lipinski definition) is 8. The lowest BCUT2D eigenvalue weighted by atomic mass is 10.0. The summed E-state index contributed by atoms with van der Waals surface area (Å²) in [5.74, 6) is -4.53. The number of phenols is 1. The molecule has 4 atom stereocenters. The van der Waals surface area contributed by atoms with Crippen LogP contribution >= 0.6 is 0 Å². The van der Waals surface area contributed by atoms with E-state index in [4.69, 9.17) is 22.9 Å². The second-order valence-corrected chi connectivity index (χ2v) is 11.0. The monoisotopic (exact) mass is 651 g/mol. The van der Waals surface area contributed by atoms with Crippen molar-refractivity contribution in [1.82, 2.24) is 20.9 Å². The van der Waals surface area contributed by atoms with E-state index in [0.29, 0.717) is 5.56 Å². The number of nitrogens with one attached hydrogen (secondary N) is 4. The quantitative estimate of drug-likeness (QED) is 0.0447. The predicted octanol–water partition coefficient (Wildman–Crippen LogP) is -1.16. The molecule has 1 heterocycles. The molecule has 2 aromatic carbocycles. The Morgan fingerprint density at radius 3 is 2.11 bits per heavy atom. The van der Waals surface area contributed by atoms with Crippen LogP contribution in [0.1, 0.15) is 36.8 Å². The number of carbonyl (C=O) groups is 5. The summed E-state index contributed by atoms with van der Waals surface area (Å²) in [5, 5.41) is 27.8. The van der Waals surface area contributed by atoms with Crippen molar-refractivity contribution in [2.24, 2.45) is 27.9 Å². The van der Waals surface area contributed by atoms with Crippen LogP contribution in [0.15, 0.2) is 59.7 Å². The number of guanidine groups is 1. The first-order valence-electron chi connectivity index (χ1n) is 14.9. The summed E-state index contributed by atoms with van der Waals surface area (Å²) in [7, 11) is 0. The van der Waals surface area contributed by atoms with Gasteiger partial charge in [-0.2, -0.15) is 0 Å². The largest absolute Gasteiger partial charge is 0.508 e. The summed E-state index contributed by atoms with van der Waals surface area (Å²) in [6, 6.07) is 8.29. The smallest absolute Gasteiger partial charge is 0.326 e. The Bertz CT molecular complexity index is 1590. The first kappa shape index (κ1) is 35.8. The third-order valence-corrected chi connectivity index (χ3v) is 7.33. The molecule has 16 nitrogen and oxygen atoms in total. The summed E-state index contributed by atoms with van der Waals surface area (Å²) < 4.78 is 0. The number of aliphatic carboxylic acids is 1. The zero-order chi connectivity index (χ0) is 34.5. The first-order valence-corrected chi connectivity index (χ1v) is 14.9. The number of aromatic nitrogens is 1. The van der Waals surface area contributed by atoms with Crippen LogP contribution in [0, 0.1) is 0 Å². The molecule has 0 saturated heterocycles. The predicted molar refractivity (Wildman–Crippen MR) is 174 cm³/mol. The minimum atomic E-state index is -1.33. The number of nitrogens with two attached hydrogens (primary N) is 4. The molecule has 0 aliphatic heterocycles. The van der Waals surface area contributed by atoms with Gasteiger partial charge >= 0.3 is 5.97 Å². The zero-order valence-corrected chi connectivity index (χ0v) is 25.6. The molecule has 4 unspecified atom stereocenters. The van der Waals surface area contributed by atoms with E-state index >= 15 is 0 Å². The Morgan fingerprint density at radius 2 is 1.45 bits per heavy atom. The average molecular weight is 652 g/mol. The molecule has 3 rings (SSSR count). The first-order chi connectivity index (χ1) is 22.3. The molecule has 0 bridgehead atoms. The molecule has 252 valence electrons. The van der Waals surface area contributed by atoms with Gasteiger partial charge in [-0.3, -0.25) is 24.2 Å². The summed E-state index contributed by atoms with van der Waals surface area (Å²) >= 11 is 0. The molecule has 0 aliphatic carbocycles. The van der Waals surface area contributed by atoms with E-state index in [1.807, 2.05) is 24.3 Å². The fraction of sp³-hybridized carbons (Fsp3) is 0.355. The highest BCUT2D eigenvalue weighted by molar-refractivity contribution is 5.95. The Labute approximate surface area is 270 Å². The van der Waals surface area contributed by atoms with E-state index in [1.54, 1.807) is 6.20 Å². The van der Waals surface area contributed by atoms with Crippen LogP contribution in [0.25, 0.3) is 10.9 Å². The van der Waals surface area contributed by atoms with Gasteiger partial charge in [-0.25, -0.2) is 4.79 Å². The molecule has 0 spiro atoms. The molecule has 0 fully saturated rings. The SMILES string of the molecule is NC(=O)CCC(NC(=O)C(N)Cc1c[nH]c2ccccc12)C(=O)NC(Cc1ccc(O)cc1)C(=O)NC(CCCN=C(N)N)C(=O)O. The number of carbonyl (C=O) groups excluding carboxylic acids is 4. The number of amides is 4. The number of primary amides is 1. The number of para-hydroxylation sites is 1.